The van der Waals surface area contributed by atoms with Crippen LogP contribution in [-0.4, -0.2) is 43.6 Å². The molecule has 37 heavy (non-hydrogen) atoms. The fourth-order valence-electron chi connectivity index (χ4n) is 4.65. The van der Waals surface area contributed by atoms with Gasteiger partial charge in [0.15, 0.2) is 17.6 Å². The van der Waals surface area contributed by atoms with Crippen LogP contribution in [0.15, 0.2) is 66.7 Å². The number of hydrogen-bond acceptors (Lipinski definition) is 5. The second-order valence-electron chi connectivity index (χ2n) is 9.14. The van der Waals surface area contributed by atoms with Crippen molar-refractivity contribution in [1.29, 1.82) is 0 Å². The Bertz CT molecular complexity index is 1240. The Kier molecular flexibility index (Phi) is 8.33. The predicted molar refractivity (Wildman–Crippen MR) is 143 cm³/mol. The molecule has 0 saturated heterocycles. The lowest BCUT2D eigenvalue weighted by atomic mass is 9.95. The van der Waals surface area contributed by atoms with Gasteiger partial charge in [-0.2, -0.15) is 0 Å². The van der Waals surface area contributed by atoms with Crippen LogP contribution in [0.1, 0.15) is 42.9 Å². The second kappa shape index (κ2) is 11.8. The number of hydrogen-bond donors (Lipinski definition) is 1. The van der Waals surface area contributed by atoms with Crippen molar-refractivity contribution in [2.45, 2.75) is 45.3 Å². The lowest BCUT2D eigenvalue weighted by Crippen LogP contribution is -2.39. The SMILES string of the molecule is CC[C@H](C(=O)Nc1ccc2c(c1)CN(CCc1ccc(OC)c(OC)c1)C(=O)[C@H](C)O2)c1ccccc1. The largest absolute Gasteiger partial charge is 0.493 e. The number of methoxy groups -OCH3 is 2. The molecule has 2 atom stereocenters. The maximum absolute atomic E-state index is 13.1. The Labute approximate surface area is 218 Å². The van der Waals surface area contributed by atoms with Crippen LogP contribution in [-0.2, 0) is 22.6 Å². The van der Waals surface area contributed by atoms with Gasteiger partial charge in [0.1, 0.15) is 5.75 Å². The first-order valence-electron chi connectivity index (χ1n) is 12.6. The van der Waals surface area contributed by atoms with Gasteiger partial charge in [0.05, 0.1) is 20.1 Å². The molecule has 194 valence electrons. The molecule has 0 aromatic heterocycles. The van der Waals surface area contributed by atoms with Gasteiger partial charge in [-0.25, -0.2) is 0 Å². The molecule has 7 heteroatoms. The van der Waals surface area contributed by atoms with E-state index in [1.54, 1.807) is 26.0 Å². The zero-order valence-electron chi connectivity index (χ0n) is 21.8. The summed E-state index contributed by atoms with van der Waals surface area (Å²) in [7, 11) is 3.21. The molecule has 0 bridgehead atoms. The van der Waals surface area contributed by atoms with Crippen LogP contribution in [0, 0.1) is 0 Å². The summed E-state index contributed by atoms with van der Waals surface area (Å²) >= 11 is 0. The first-order valence-corrected chi connectivity index (χ1v) is 12.6. The Morgan fingerprint density at radius 1 is 1.05 bits per heavy atom. The first-order chi connectivity index (χ1) is 17.9. The number of carbonyl (C=O) groups is 2. The lowest BCUT2D eigenvalue weighted by Gasteiger charge is -2.22. The fourth-order valence-corrected chi connectivity index (χ4v) is 4.65. The molecular formula is C30H34N2O5. The smallest absolute Gasteiger partial charge is 0.263 e. The quantitative estimate of drug-likeness (QED) is 0.436. The normalized spacial score (nSPS) is 15.7. The standard InChI is InChI=1S/C30H34N2O5/c1-5-25(22-9-7-6-8-10-22)29(33)31-24-12-14-26-23(18-24)19-32(30(34)20(2)37-26)16-15-21-11-13-27(35-3)28(17-21)36-4/h6-14,17-18,20,25H,5,15-16,19H2,1-4H3,(H,31,33)/t20-,25-/m0/s1. The van der Waals surface area contributed by atoms with Gasteiger partial charge in [0.25, 0.3) is 5.91 Å². The minimum absolute atomic E-state index is 0.0575. The number of benzene rings is 3. The zero-order chi connectivity index (χ0) is 26.4. The number of carbonyl (C=O) groups excluding carboxylic acids is 2. The number of anilines is 1. The van der Waals surface area contributed by atoms with Crippen LogP contribution in [0.4, 0.5) is 5.69 Å². The third-order valence-corrected chi connectivity index (χ3v) is 6.70. The van der Waals surface area contributed by atoms with Gasteiger partial charge in [0, 0.05) is 24.3 Å². The third kappa shape index (κ3) is 6.05. The van der Waals surface area contributed by atoms with Crippen LogP contribution in [0.25, 0.3) is 0 Å². The van der Waals surface area contributed by atoms with Crippen LogP contribution in [0.5, 0.6) is 17.2 Å². The maximum atomic E-state index is 13.1. The number of fused-ring (bicyclic) bond motifs is 1. The highest BCUT2D eigenvalue weighted by molar-refractivity contribution is 5.96. The van der Waals surface area contributed by atoms with E-state index in [4.69, 9.17) is 14.2 Å². The Balaban J connectivity index is 1.49. The average Bonchev–Trinajstić information content (AvgIpc) is 3.03. The summed E-state index contributed by atoms with van der Waals surface area (Å²) in [6.07, 6.45) is 0.745. The van der Waals surface area contributed by atoms with Gasteiger partial charge in [-0.15, -0.1) is 0 Å². The number of rotatable bonds is 9. The van der Waals surface area contributed by atoms with Gasteiger partial charge in [0.2, 0.25) is 5.91 Å². The maximum Gasteiger partial charge on any atom is 0.263 e. The summed E-state index contributed by atoms with van der Waals surface area (Å²) < 4.78 is 16.7. The van der Waals surface area contributed by atoms with Crippen LogP contribution in [0.3, 0.4) is 0 Å². The van der Waals surface area contributed by atoms with E-state index in [-0.39, 0.29) is 17.7 Å². The van der Waals surface area contributed by atoms with Gasteiger partial charge in [-0.05, 0) is 61.2 Å². The second-order valence-corrected chi connectivity index (χ2v) is 9.14. The highest BCUT2D eigenvalue weighted by Gasteiger charge is 2.28. The van der Waals surface area contributed by atoms with E-state index in [0.717, 1.165) is 16.7 Å². The summed E-state index contributed by atoms with van der Waals surface area (Å²) in [5, 5.41) is 3.06. The lowest BCUT2D eigenvalue weighted by molar-refractivity contribution is -0.137. The van der Waals surface area contributed by atoms with E-state index in [2.05, 4.69) is 5.32 Å². The van der Waals surface area contributed by atoms with E-state index in [1.807, 2.05) is 73.7 Å². The molecule has 0 unspecified atom stereocenters. The molecule has 0 radical (unpaired) electrons. The third-order valence-electron chi connectivity index (χ3n) is 6.70. The summed E-state index contributed by atoms with van der Waals surface area (Å²) in [5.74, 6) is 1.61. The molecule has 0 aliphatic carbocycles. The molecule has 1 N–H and O–H groups in total. The number of ether oxygens (including phenoxy) is 3. The van der Waals surface area contributed by atoms with E-state index >= 15 is 0 Å². The summed E-state index contributed by atoms with van der Waals surface area (Å²) in [5.41, 5.74) is 3.57. The summed E-state index contributed by atoms with van der Waals surface area (Å²) in [4.78, 5) is 28.0. The van der Waals surface area contributed by atoms with Crippen molar-refractivity contribution in [2.75, 3.05) is 26.1 Å². The van der Waals surface area contributed by atoms with Crippen molar-refractivity contribution in [3.8, 4) is 17.2 Å². The van der Waals surface area contributed by atoms with Gasteiger partial charge in [-0.3, -0.25) is 9.59 Å². The molecule has 1 aliphatic rings. The van der Waals surface area contributed by atoms with Crippen molar-refractivity contribution in [1.82, 2.24) is 4.90 Å². The number of amides is 2. The number of nitrogens with zero attached hydrogens (tertiary/aromatic N) is 1. The van der Waals surface area contributed by atoms with Crippen LogP contribution >= 0.6 is 0 Å². The van der Waals surface area contributed by atoms with E-state index < -0.39 is 6.10 Å². The molecule has 0 spiro atoms. The van der Waals surface area contributed by atoms with Gasteiger partial charge in [-0.1, -0.05) is 43.3 Å². The van der Waals surface area contributed by atoms with Crippen molar-refractivity contribution in [3.63, 3.8) is 0 Å². The molecule has 4 rings (SSSR count). The highest BCUT2D eigenvalue weighted by Crippen LogP contribution is 2.31. The van der Waals surface area contributed by atoms with Gasteiger partial charge < -0.3 is 24.4 Å². The molecule has 7 nitrogen and oxygen atoms in total. The minimum Gasteiger partial charge on any atom is -0.493 e. The zero-order valence-corrected chi connectivity index (χ0v) is 21.8. The topological polar surface area (TPSA) is 77.1 Å². The van der Waals surface area contributed by atoms with Crippen molar-refractivity contribution < 1.29 is 23.8 Å². The molecule has 2 amide bonds. The fraction of sp³-hybridized carbons (Fsp3) is 0.333. The monoisotopic (exact) mass is 502 g/mol. The van der Waals surface area contributed by atoms with E-state index in [9.17, 15) is 9.59 Å². The summed E-state index contributed by atoms with van der Waals surface area (Å²) in [6.45, 7) is 4.68. The molecule has 1 heterocycles. The van der Waals surface area contributed by atoms with E-state index in [0.29, 0.717) is 48.9 Å². The van der Waals surface area contributed by atoms with Crippen molar-refractivity contribution >= 4 is 17.5 Å². The molecule has 3 aromatic carbocycles. The Hall–Kier alpha value is -4.00. The molecule has 3 aromatic rings. The first kappa shape index (κ1) is 26.1. The molecule has 1 aliphatic heterocycles. The molecule has 0 saturated carbocycles. The Morgan fingerprint density at radius 3 is 2.51 bits per heavy atom. The average molecular weight is 503 g/mol. The van der Waals surface area contributed by atoms with Crippen LogP contribution < -0.4 is 19.5 Å². The predicted octanol–water partition coefficient (Wildman–Crippen LogP) is 5.19. The molecule has 0 fully saturated rings. The number of nitrogens with one attached hydrogen (secondary N) is 1. The van der Waals surface area contributed by atoms with Crippen LogP contribution in [0.2, 0.25) is 0 Å². The summed E-state index contributed by atoms with van der Waals surface area (Å²) in [6, 6.07) is 21.1. The van der Waals surface area contributed by atoms with Gasteiger partial charge >= 0.3 is 0 Å². The van der Waals surface area contributed by atoms with Crippen molar-refractivity contribution in [3.05, 3.63) is 83.4 Å². The van der Waals surface area contributed by atoms with Crippen molar-refractivity contribution in [2.24, 2.45) is 0 Å². The Morgan fingerprint density at radius 2 is 1.81 bits per heavy atom. The molecular weight excluding hydrogens is 468 g/mol. The van der Waals surface area contributed by atoms with E-state index in [1.165, 1.54) is 0 Å². The highest BCUT2D eigenvalue weighted by atomic mass is 16.5. The minimum atomic E-state index is -0.602.